The number of para-hydroxylation sites is 1. The second-order valence-electron chi connectivity index (χ2n) is 6.09. The van der Waals surface area contributed by atoms with E-state index in [1.807, 2.05) is 41.2 Å². The van der Waals surface area contributed by atoms with Gasteiger partial charge in [0.05, 0.1) is 5.69 Å². The van der Waals surface area contributed by atoms with Crippen LogP contribution in [0, 0.1) is 5.92 Å². The van der Waals surface area contributed by atoms with Crippen LogP contribution in [0.2, 0.25) is 0 Å². The van der Waals surface area contributed by atoms with Gasteiger partial charge in [0.15, 0.2) is 0 Å². The van der Waals surface area contributed by atoms with Crippen molar-refractivity contribution in [3.63, 3.8) is 0 Å². The number of carbonyl (C=O) groups excluding carboxylic acids is 1. The zero-order valence-electron chi connectivity index (χ0n) is 13.8. The molecule has 5 nitrogen and oxygen atoms in total. The monoisotopic (exact) mass is 348 g/mol. The first-order valence-corrected chi connectivity index (χ1v) is 8.38. The molecule has 1 aliphatic rings. The largest absolute Gasteiger partial charge is 0.352 e. The third-order valence-corrected chi connectivity index (χ3v) is 4.46. The third-order valence-electron chi connectivity index (χ3n) is 4.46. The topological polar surface area (TPSA) is 59.0 Å². The summed E-state index contributed by atoms with van der Waals surface area (Å²) in [6, 6.07) is 9.92. The fourth-order valence-corrected chi connectivity index (χ4v) is 3.08. The Kier molecular flexibility index (Phi) is 7.28. The molecule has 0 spiro atoms. The fourth-order valence-electron chi connectivity index (χ4n) is 3.08. The van der Waals surface area contributed by atoms with Gasteiger partial charge < -0.3 is 10.6 Å². The van der Waals surface area contributed by atoms with E-state index in [9.17, 15) is 4.79 Å². The van der Waals surface area contributed by atoms with Crippen molar-refractivity contribution in [2.24, 2.45) is 5.92 Å². The molecule has 24 heavy (non-hydrogen) atoms. The second kappa shape index (κ2) is 9.45. The molecule has 2 N–H and O–H groups in total. The van der Waals surface area contributed by atoms with Gasteiger partial charge in [0.2, 0.25) is 5.91 Å². The van der Waals surface area contributed by atoms with Crippen LogP contribution in [0.1, 0.15) is 31.2 Å². The maximum atomic E-state index is 12.1. The Labute approximate surface area is 149 Å². The standard InChI is InChI=1S/C18H24N4O.ClH/c23-18(7-6-15-8-11-19-12-9-15)20-14-16-4-1-2-5-17(16)22-13-3-10-21-22;/h1-5,10,13,15,19H,6-9,11-12,14H2,(H,20,23);1H. The predicted octanol–water partition coefficient (Wildman–Crippen LogP) is 2.69. The summed E-state index contributed by atoms with van der Waals surface area (Å²) in [5, 5.41) is 10.7. The van der Waals surface area contributed by atoms with Crippen molar-refractivity contribution < 1.29 is 4.79 Å². The minimum Gasteiger partial charge on any atom is -0.352 e. The molecule has 0 saturated carbocycles. The molecule has 2 heterocycles. The number of nitrogens with one attached hydrogen (secondary N) is 2. The van der Waals surface area contributed by atoms with Gasteiger partial charge in [-0.3, -0.25) is 4.79 Å². The number of halogens is 1. The van der Waals surface area contributed by atoms with Gasteiger partial charge in [0, 0.05) is 25.4 Å². The molecule has 1 amide bonds. The molecule has 6 heteroatoms. The molecule has 130 valence electrons. The number of carbonyl (C=O) groups is 1. The maximum absolute atomic E-state index is 12.1. The van der Waals surface area contributed by atoms with E-state index in [1.54, 1.807) is 6.20 Å². The van der Waals surface area contributed by atoms with Gasteiger partial charge >= 0.3 is 0 Å². The lowest BCUT2D eigenvalue weighted by atomic mass is 9.93. The summed E-state index contributed by atoms with van der Waals surface area (Å²) in [4.78, 5) is 12.1. The van der Waals surface area contributed by atoms with Crippen LogP contribution >= 0.6 is 12.4 Å². The molecule has 1 aromatic heterocycles. The quantitative estimate of drug-likeness (QED) is 0.843. The molecule has 1 fully saturated rings. The number of hydrogen-bond acceptors (Lipinski definition) is 3. The van der Waals surface area contributed by atoms with Gasteiger partial charge in [-0.1, -0.05) is 18.2 Å². The minimum atomic E-state index is 0. The Hall–Kier alpha value is -1.85. The van der Waals surface area contributed by atoms with Crippen LogP contribution in [0.25, 0.3) is 5.69 Å². The first-order valence-electron chi connectivity index (χ1n) is 8.38. The van der Waals surface area contributed by atoms with Gasteiger partial charge in [0.25, 0.3) is 0 Å². The number of piperidine rings is 1. The fraction of sp³-hybridized carbons (Fsp3) is 0.444. The number of benzene rings is 1. The van der Waals surface area contributed by atoms with Crippen LogP contribution in [0.5, 0.6) is 0 Å². The van der Waals surface area contributed by atoms with E-state index in [0.29, 0.717) is 18.9 Å². The molecule has 0 aliphatic carbocycles. The van der Waals surface area contributed by atoms with Crippen LogP contribution in [0.3, 0.4) is 0 Å². The lowest BCUT2D eigenvalue weighted by Gasteiger charge is -2.22. The zero-order chi connectivity index (χ0) is 15.9. The van der Waals surface area contributed by atoms with Crippen molar-refractivity contribution in [2.75, 3.05) is 13.1 Å². The van der Waals surface area contributed by atoms with Gasteiger partial charge in [-0.15, -0.1) is 12.4 Å². The van der Waals surface area contributed by atoms with E-state index in [1.165, 1.54) is 12.8 Å². The predicted molar refractivity (Wildman–Crippen MR) is 97.5 cm³/mol. The van der Waals surface area contributed by atoms with Crippen LogP contribution < -0.4 is 10.6 Å². The first kappa shape index (κ1) is 18.5. The molecule has 3 rings (SSSR count). The smallest absolute Gasteiger partial charge is 0.220 e. The van der Waals surface area contributed by atoms with Crippen molar-refractivity contribution in [3.8, 4) is 5.69 Å². The van der Waals surface area contributed by atoms with Crippen molar-refractivity contribution in [1.82, 2.24) is 20.4 Å². The molecular weight excluding hydrogens is 324 g/mol. The van der Waals surface area contributed by atoms with Crippen molar-refractivity contribution in [3.05, 3.63) is 48.3 Å². The van der Waals surface area contributed by atoms with E-state index in [4.69, 9.17) is 0 Å². The Balaban J connectivity index is 0.00000208. The Bertz CT molecular complexity index is 624. The molecule has 2 aromatic rings. The summed E-state index contributed by atoms with van der Waals surface area (Å²) in [5.41, 5.74) is 2.09. The Morgan fingerprint density at radius 1 is 1.25 bits per heavy atom. The highest BCUT2D eigenvalue weighted by Gasteiger charge is 2.14. The number of aromatic nitrogens is 2. The van der Waals surface area contributed by atoms with E-state index in [2.05, 4.69) is 15.7 Å². The second-order valence-corrected chi connectivity index (χ2v) is 6.09. The first-order chi connectivity index (χ1) is 11.3. The summed E-state index contributed by atoms with van der Waals surface area (Å²) in [5.74, 6) is 0.831. The highest BCUT2D eigenvalue weighted by molar-refractivity contribution is 5.85. The van der Waals surface area contributed by atoms with Crippen LogP contribution in [0.4, 0.5) is 0 Å². The number of hydrogen-bond donors (Lipinski definition) is 2. The van der Waals surface area contributed by atoms with Gasteiger partial charge in [-0.25, -0.2) is 4.68 Å². The molecule has 0 bridgehead atoms. The molecular formula is C18H25ClN4O. The molecule has 1 aliphatic heterocycles. The Morgan fingerprint density at radius 2 is 2.04 bits per heavy atom. The van der Waals surface area contributed by atoms with Crippen LogP contribution in [-0.4, -0.2) is 28.8 Å². The van der Waals surface area contributed by atoms with Crippen molar-refractivity contribution >= 4 is 18.3 Å². The van der Waals surface area contributed by atoms with Crippen molar-refractivity contribution in [2.45, 2.75) is 32.2 Å². The lowest BCUT2D eigenvalue weighted by molar-refractivity contribution is -0.121. The lowest BCUT2D eigenvalue weighted by Crippen LogP contribution is -2.29. The maximum Gasteiger partial charge on any atom is 0.220 e. The SMILES string of the molecule is Cl.O=C(CCC1CCNCC1)NCc1ccccc1-n1cccn1. The molecule has 1 saturated heterocycles. The van der Waals surface area contributed by atoms with Crippen LogP contribution in [0.15, 0.2) is 42.7 Å². The van der Waals surface area contributed by atoms with Gasteiger partial charge in [-0.05, 0) is 56.0 Å². The normalized spacial score (nSPS) is 14.8. The number of rotatable bonds is 6. The average Bonchev–Trinajstić information content (AvgIpc) is 3.14. The molecule has 1 aromatic carbocycles. The molecule has 0 radical (unpaired) electrons. The van der Waals surface area contributed by atoms with E-state index in [0.717, 1.165) is 30.8 Å². The summed E-state index contributed by atoms with van der Waals surface area (Å²) in [6.07, 6.45) is 7.67. The minimum absolute atomic E-state index is 0. The zero-order valence-corrected chi connectivity index (χ0v) is 14.6. The van der Waals surface area contributed by atoms with Gasteiger partial charge in [0.1, 0.15) is 0 Å². The highest BCUT2D eigenvalue weighted by Crippen LogP contribution is 2.18. The van der Waals surface area contributed by atoms with E-state index < -0.39 is 0 Å². The number of amides is 1. The van der Waals surface area contributed by atoms with Crippen molar-refractivity contribution in [1.29, 1.82) is 0 Å². The summed E-state index contributed by atoms with van der Waals surface area (Å²) < 4.78 is 1.83. The summed E-state index contributed by atoms with van der Waals surface area (Å²) in [7, 11) is 0. The molecule has 0 atom stereocenters. The van der Waals surface area contributed by atoms with Gasteiger partial charge in [-0.2, -0.15) is 5.10 Å². The highest BCUT2D eigenvalue weighted by atomic mass is 35.5. The molecule has 0 unspecified atom stereocenters. The van der Waals surface area contributed by atoms with Crippen LogP contribution in [-0.2, 0) is 11.3 Å². The van der Waals surface area contributed by atoms with E-state index in [-0.39, 0.29) is 18.3 Å². The third kappa shape index (κ3) is 5.08. The number of nitrogens with zero attached hydrogens (tertiary/aromatic N) is 2. The Morgan fingerprint density at radius 3 is 2.79 bits per heavy atom. The average molecular weight is 349 g/mol. The summed E-state index contributed by atoms with van der Waals surface area (Å²) >= 11 is 0. The van der Waals surface area contributed by atoms with E-state index >= 15 is 0 Å². The summed E-state index contributed by atoms with van der Waals surface area (Å²) in [6.45, 7) is 2.72.